The first-order valence-corrected chi connectivity index (χ1v) is 9.11. The number of hydrogen-bond donors (Lipinski definition) is 0. The Bertz CT molecular complexity index is 658. The average molecular weight is 402 g/mol. The third-order valence-electron chi connectivity index (χ3n) is 2.91. The van der Waals surface area contributed by atoms with E-state index in [1.165, 1.54) is 0 Å². The quantitative estimate of drug-likeness (QED) is 0.573. The summed E-state index contributed by atoms with van der Waals surface area (Å²) in [7, 11) is 0.825. The van der Waals surface area contributed by atoms with Gasteiger partial charge in [-0.05, 0) is 25.0 Å². The molecule has 0 aliphatic carbocycles. The van der Waals surface area contributed by atoms with E-state index in [-0.39, 0.29) is 17.2 Å². The first-order chi connectivity index (χ1) is 9.79. The third kappa shape index (κ3) is 4.15. The maximum atomic E-state index is 14.1. The van der Waals surface area contributed by atoms with Crippen molar-refractivity contribution in [3.05, 3.63) is 28.0 Å². The Kier molecular flexibility index (Phi) is 5.24. The molecule has 116 valence electrons. The van der Waals surface area contributed by atoms with Crippen LogP contribution in [0.3, 0.4) is 0 Å². The minimum atomic E-state index is -4.31. The zero-order chi connectivity index (χ0) is 15.6. The van der Waals surface area contributed by atoms with Crippen LogP contribution in [0.1, 0.15) is 23.2 Å². The van der Waals surface area contributed by atoms with Gasteiger partial charge in [0.1, 0.15) is 11.5 Å². The molecule has 1 aliphatic rings. The number of carbonyl (C=O) groups is 1. The summed E-state index contributed by atoms with van der Waals surface area (Å²) < 4.78 is 47.1. The Morgan fingerprint density at radius 3 is 2.81 bits per heavy atom. The molecule has 0 amide bonds. The van der Waals surface area contributed by atoms with E-state index in [2.05, 4.69) is 15.9 Å². The van der Waals surface area contributed by atoms with Crippen molar-refractivity contribution in [2.24, 2.45) is 0 Å². The lowest BCUT2D eigenvalue weighted by Crippen LogP contribution is -2.19. The Hall–Kier alpha value is -0.700. The van der Waals surface area contributed by atoms with Crippen LogP contribution in [0.15, 0.2) is 21.5 Å². The fourth-order valence-corrected chi connectivity index (χ4v) is 3.45. The van der Waals surface area contributed by atoms with E-state index in [4.69, 9.17) is 20.2 Å². The van der Waals surface area contributed by atoms with E-state index in [0.717, 1.165) is 25.0 Å². The van der Waals surface area contributed by atoms with E-state index >= 15 is 0 Å². The van der Waals surface area contributed by atoms with Gasteiger partial charge in [0, 0.05) is 21.8 Å². The van der Waals surface area contributed by atoms with Gasteiger partial charge in [0.05, 0.1) is 11.7 Å². The van der Waals surface area contributed by atoms with E-state index in [1.54, 1.807) is 0 Å². The van der Waals surface area contributed by atoms with Gasteiger partial charge in [-0.3, -0.25) is 0 Å². The lowest BCUT2D eigenvalue weighted by molar-refractivity contribution is 0.0157. The minimum Gasteiger partial charge on any atom is -0.459 e. The molecule has 0 N–H and O–H groups in total. The van der Waals surface area contributed by atoms with Gasteiger partial charge in [0.15, 0.2) is 5.82 Å². The Morgan fingerprint density at radius 2 is 2.24 bits per heavy atom. The second-order valence-corrected chi connectivity index (χ2v) is 7.89. The van der Waals surface area contributed by atoms with Crippen LogP contribution in [0.25, 0.3) is 0 Å². The average Bonchev–Trinajstić information content (AvgIpc) is 2.90. The first kappa shape index (κ1) is 16.7. The molecule has 1 atom stereocenters. The molecule has 2 rings (SSSR count). The van der Waals surface area contributed by atoms with E-state index in [9.17, 15) is 17.6 Å². The summed E-state index contributed by atoms with van der Waals surface area (Å²) in [5.74, 6) is -2.20. The van der Waals surface area contributed by atoms with Gasteiger partial charge in [-0.1, -0.05) is 15.9 Å². The SMILES string of the molecule is O=C(OCC1CCCO1)c1cc(Br)cc(S(=O)(=O)Cl)c1F. The molecule has 0 bridgehead atoms. The number of hydrogen-bond acceptors (Lipinski definition) is 5. The van der Waals surface area contributed by atoms with Crippen molar-refractivity contribution in [3.63, 3.8) is 0 Å². The highest BCUT2D eigenvalue weighted by molar-refractivity contribution is 9.10. The van der Waals surface area contributed by atoms with Crippen molar-refractivity contribution >= 4 is 41.6 Å². The molecule has 1 aromatic rings. The zero-order valence-corrected chi connectivity index (χ0v) is 13.8. The summed E-state index contributed by atoms with van der Waals surface area (Å²) in [6, 6.07) is 2.12. The molecule has 0 radical (unpaired) electrons. The van der Waals surface area contributed by atoms with Gasteiger partial charge in [-0.15, -0.1) is 0 Å². The monoisotopic (exact) mass is 400 g/mol. The molecule has 1 fully saturated rings. The Morgan fingerprint density at radius 1 is 1.52 bits per heavy atom. The molecular formula is C12H11BrClFO5S. The van der Waals surface area contributed by atoms with Crippen LogP contribution in [0.4, 0.5) is 4.39 Å². The predicted octanol–water partition coefficient (Wildman–Crippen LogP) is 2.85. The van der Waals surface area contributed by atoms with Crippen molar-refractivity contribution < 1.29 is 27.1 Å². The van der Waals surface area contributed by atoms with E-state index < -0.39 is 31.3 Å². The summed E-state index contributed by atoms with van der Waals surface area (Å²) >= 11 is 3.00. The third-order valence-corrected chi connectivity index (χ3v) is 4.69. The number of carbonyl (C=O) groups excluding carboxylic acids is 1. The largest absolute Gasteiger partial charge is 0.459 e. The number of halogens is 3. The Labute approximate surface area is 133 Å². The molecule has 0 spiro atoms. The molecule has 1 unspecified atom stereocenters. The van der Waals surface area contributed by atoms with Gasteiger partial charge in [-0.2, -0.15) is 0 Å². The second-order valence-electron chi connectivity index (χ2n) is 4.44. The van der Waals surface area contributed by atoms with Gasteiger partial charge in [-0.25, -0.2) is 17.6 Å². The minimum absolute atomic E-state index is 0.00621. The molecule has 1 heterocycles. The predicted molar refractivity (Wildman–Crippen MR) is 76.4 cm³/mol. The molecular weight excluding hydrogens is 391 g/mol. The van der Waals surface area contributed by atoms with Crippen LogP contribution in [-0.2, 0) is 18.5 Å². The van der Waals surface area contributed by atoms with Crippen LogP contribution in [0, 0.1) is 5.82 Å². The van der Waals surface area contributed by atoms with Crippen LogP contribution >= 0.6 is 26.6 Å². The highest BCUT2D eigenvalue weighted by atomic mass is 79.9. The number of rotatable bonds is 4. The highest BCUT2D eigenvalue weighted by Crippen LogP contribution is 2.27. The maximum absolute atomic E-state index is 14.1. The summed E-state index contributed by atoms with van der Waals surface area (Å²) in [4.78, 5) is 11.1. The van der Waals surface area contributed by atoms with Gasteiger partial charge < -0.3 is 9.47 Å². The lowest BCUT2D eigenvalue weighted by atomic mass is 10.2. The molecule has 21 heavy (non-hydrogen) atoms. The summed E-state index contributed by atoms with van der Waals surface area (Å²) in [5.41, 5.74) is -0.499. The van der Waals surface area contributed by atoms with Crippen LogP contribution in [-0.4, -0.2) is 33.7 Å². The molecule has 0 saturated carbocycles. The Balaban J connectivity index is 2.22. The highest BCUT2D eigenvalue weighted by Gasteiger charge is 2.25. The standard InChI is InChI=1S/C12H11BrClFO5S/c13-7-4-9(11(15)10(5-7)21(14,17)18)12(16)20-6-8-2-1-3-19-8/h4-5,8H,1-3,6H2. The first-order valence-electron chi connectivity index (χ1n) is 6.01. The van der Waals surface area contributed by atoms with Gasteiger partial charge >= 0.3 is 5.97 Å². The second kappa shape index (κ2) is 6.60. The molecule has 9 heteroatoms. The van der Waals surface area contributed by atoms with Crippen molar-refractivity contribution in [2.75, 3.05) is 13.2 Å². The normalized spacial score (nSPS) is 18.7. The summed E-state index contributed by atoms with van der Waals surface area (Å²) in [6.45, 7) is 0.593. The molecule has 0 aromatic heterocycles. The van der Waals surface area contributed by atoms with Gasteiger partial charge in [0.25, 0.3) is 9.05 Å². The van der Waals surface area contributed by atoms with Crippen LogP contribution in [0.2, 0.25) is 0 Å². The van der Waals surface area contributed by atoms with Crippen molar-refractivity contribution in [3.8, 4) is 0 Å². The van der Waals surface area contributed by atoms with Crippen LogP contribution in [0.5, 0.6) is 0 Å². The molecule has 1 aromatic carbocycles. The summed E-state index contributed by atoms with van der Waals surface area (Å²) in [5, 5.41) is 0. The van der Waals surface area contributed by atoms with Crippen LogP contribution < -0.4 is 0 Å². The summed E-state index contributed by atoms with van der Waals surface area (Å²) in [6.07, 6.45) is 1.43. The topological polar surface area (TPSA) is 69.7 Å². The maximum Gasteiger partial charge on any atom is 0.341 e. The number of ether oxygens (including phenoxy) is 2. The van der Waals surface area contributed by atoms with Crippen molar-refractivity contribution in [1.29, 1.82) is 0 Å². The molecule has 1 saturated heterocycles. The molecule has 5 nitrogen and oxygen atoms in total. The van der Waals surface area contributed by atoms with Crippen molar-refractivity contribution in [1.82, 2.24) is 0 Å². The smallest absolute Gasteiger partial charge is 0.341 e. The fourth-order valence-electron chi connectivity index (χ4n) is 1.91. The fraction of sp³-hybridized carbons (Fsp3) is 0.417. The van der Waals surface area contributed by atoms with E-state index in [0.29, 0.717) is 6.61 Å². The van der Waals surface area contributed by atoms with E-state index in [1.807, 2.05) is 0 Å². The zero-order valence-electron chi connectivity index (χ0n) is 10.6. The lowest BCUT2D eigenvalue weighted by Gasteiger charge is -2.11. The molecule has 1 aliphatic heterocycles. The number of benzene rings is 1. The van der Waals surface area contributed by atoms with Crippen molar-refractivity contribution in [2.45, 2.75) is 23.8 Å². The number of esters is 1. The van der Waals surface area contributed by atoms with Gasteiger partial charge in [0.2, 0.25) is 0 Å².